The third-order valence-electron chi connectivity index (χ3n) is 1.46. The second kappa shape index (κ2) is 6.32. The monoisotopic (exact) mass is 156 g/mol. The van der Waals surface area contributed by atoms with Gasteiger partial charge in [0.05, 0.1) is 0 Å². The van der Waals surface area contributed by atoms with Crippen LogP contribution in [0.2, 0.25) is 0 Å². The average Bonchev–Trinajstić information content (AvgIpc) is 2.05. The van der Waals surface area contributed by atoms with Crippen molar-refractivity contribution >= 4 is 0 Å². The normalized spacial score (nSPS) is 21.3. The van der Waals surface area contributed by atoms with E-state index < -0.39 is 0 Å². The predicted molar refractivity (Wildman–Crippen MR) is 52.3 cm³/mol. The SMILES string of the molecule is C1#CC/C=C\CC#CC/C=C\C1. The largest absolute Gasteiger partial charge is 0.0988 e. The molecule has 0 nitrogen and oxygen atoms in total. The van der Waals surface area contributed by atoms with Crippen LogP contribution in [0.25, 0.3) is 0 Å². The van der Waals surface area contributed by atoms with Gasteiger partial charge in [0.15, 0.2) is 0 Å². The molecule has 0 heteroatoms. The van der Waals surface area contributed by atoms with E-state index in [-0.39, 0.29) is 0 Å². The molecule has 0 unspecified atom stereocenters. The van der Waals surface area contributed by atoms with Gasteiger partial charge in [-0.3, -0.25) is 0 Å². The predicted octanol–water partition coefficient (Wildman–Crippen LogP) is 2.68. The molecule has 0 bridgehead atoms. The van der Waals surface area contributed by atoms with Crippen LogP contribution in [-0.4, -0.2) is 0 Å². The van der Waals surface area contributed by atoms with E-state index in [1.165, 1.54) is 0 Å². The fourth-order valence-corrected chi connectivity index (χ4v) is 0.858. The molecule has 0 spiro atoms. The molecular formula is C12H12. The number of allylic oxidation sites excluding steroid dienone is 4. The zero-order valence-electron chi connectivity index (χ0n) is 7.14. The Morgan fingerprint density at radius 2 is 0.750 bits per heavy atom. The Balaban J connectivity index is 2.48. The maximum atomic E-state index is 3.07. The van der Waals surface area contributed by atoms with Gasteiger partial charge in [-0.15, -0.1) is 0 Å². The highest BCUT2D eigenvalue weighted by Crippen LogP contribution is 1.89. The van der Waals surface area contributed by atoms with Crippen LogP contribution in [0.5, 0.6) is 0 Å². The zero-order valence-corrected chi connectivity index (χ0v) is 7.14. The Kier molecular flexibility index (Phi) is 4.58. The highest BCUT2D eigenvalue weighted by Gasteiger charge is 1.74. The summed E-state index contributed by atoms with van der Waals surface area (Å²) in [6, 6.07) is 0. The minimum atomic E-state index is 0.857. The smallest absolute Gasteiger partial charge is 0.0270 e. The molecule has 0 aliphatic heterocycles. The van der Waals surface area contributed by atoms with Crippen molar-refractivity contribution in [2.45, 2.75) is 25.7 Å². The van der Waals surface area contributed by atoms with Gasteiger partial charge in [0.25, 0.3) is 0 Å². The Morgan fingerprint density at radius 3 is 1.00 bits per heavy atom. The second-order valence-corrected chi connectivity index (χ2v) is 2.47. The number of hydrogen-bond donors (Lipinski definition) is 0. The van der Waals surface area contributed by atoms with Crippen LogP contribution < -0.4 is 0 Å². The summed E-state index contributed by atoms with van der Waals surface area (Å²) in [5, 5.41) is 0. The van der Waals surface area contributed by atoms with E-state index in [1.807, 2.05) is 0 Å². The van der Waals surface area contributed by atoms with Crippen molar-refractivity contribution in [1.29, 1.82) is 0 Å². The lowest BCUT2D eigenvalue weighted by molar-refractivity contribution is 1.33. The Bertz CT molecular complexity index is 227. The molecule has 0 N–H and O–H groups in total. The third kappa shape index (κ3) is 4.42. The Labute approximate surface area is 74.4 Å². The number of hydrogen-bond acceptors (Lipinski definition) is 0. The fraction of sp³-hybridized carbons (Fsp3) is 0.333. The van der Waals surface area contributed by atoms with Gasteiger partial charge in [0.2, 0.25) is 0 Å². The third-order valence-corrected chi connectivity index (χ3v) is 1.46. The van der Waals surface area contributed by atoms with E-state index in [0.717, 1.165) is 25.7 Å². The molecule has 1 aliphatic carbocycles. The highest BCUT2D eigenvalue weighted by molar-refractivity contribution is 5.13. The van der Waals surface area contributed by atoms with Crippen molar-refractivity contribution in [2.24, 2.45) is 0 Å². The first-order chi connectivity index (χ1) is 6.00. The van der Waals surface area contributed by atoms with Gasteiger partial charge in [-0.2, -0.15) is 0 Å². The van der Waals surface area contributed by atoms with Gasteiger partial charge in [-0.25, -0.2) is 0 Å². The van der Waals surface area contributed by atoms with E-state index in [4.69, 9.17) is 0 Å². The summed E-state index contributed by atoms with van der Waals surface area (Å²) >= 11 is 0. The summed E-state index contributed by atoms with van der Waals surface area (Å²) in [5.74, 6) is 12.3. The van der Waals surface area contributed by atoms with Crippen LogP contribution in [0.15, 0.2) is 24.3 Å². The van der Waals surface area contributed by atoms with E-state index >= 15 is 0 Å². The van der Waals surface area contributed by atoms with Gasteiger partial charge in [-0.05, 0) is 0 Å². The van der Waals surface area contributed by atoms with Gasteiger partial charge in [0.1, 0.15) is 0 Å². The van der Waals surface area contributed by atoms with Gasteiger partial charge in [-0.1, -0.05) is 48.0 Å². The average molecular weight is 156 g/mol. The maximum Gasteiger partial charge on any atom is 0.0270 e. The fourth-order valence-electron chi connectivity index (χ4n) is 0.858. The molecule has 0 radical (unpaired) electrons. The van der Waals surface area contributed by atoms with Crippen LogP contribution in [0, 0.1) is 23.7 Å². The van der Waals surface area contributed by atoms with Crippen molar-refractivity contribution in [3.63, 3.8) is 0 Å². The molecule has 0 aromatic rings. The van der Waals surface area contributed by atoms with Crippen molar-refractivity contribution in [2.75, 3.05) is 0 Å². The Morgan fingerprint density at radius 1 is 0.500 bits per heavy atom. The molecule has 1 rings (SSSR count). The Hall–Kier alpha value is -1.40. The molecule has 0 heterocycles. The summed E-state index contributed by atoms with van der Waals surface area (Å²) in [6.07, 6.45) is 11.7. The zero-order chi connectivity index (χ0) is 8.49. The molecule has 0 saturated carbocycles. The molecule has 0 aromatic carbocycles. The number of rotatable bonds is 0. The molecule has 1 aliphatic rings. The van der Waals surface area contributed by atoms with Crippen molar-refractivity contribution in [3.8, 4) is 23.7 Å². The summed E-state index contributed by atoms with van der Waals surface area (Å²) in [7, 11) is 0. The molecule has 12 heavy (non-hydrogen) atoms. The minimum Gasteiger partial charge on any atom is -0.0988 e. The first-order valence-electron chi connectivity index (χ1n) is 4.21. The quantitative estimate of drug-likeness (QED) is 0.373. The van der Waals surface area contributed by atoms with E-state index in [0.29, 0.717) is 0 Å². The van der Waals surface area contributed by atoms with Crippen molar-refractivity contribution in [3.05, 3.63) is 24.3 Å². The van der Waals surface area contributed by atoms with Crippen LogP contribution in [-0.2, 0) is 0 Å². The van der Waals surface area contributed by atoms with Crippen LogP contribution in [0.1, 0.15) is 25.7 Å². The van der Waals surface area contributed by atoms with Crippen molar-refractivity contribution < 1.29 is 0 Å². The lowest BCUT2D eigenvalue weighted by atomic mass is 10.2. The standard InChI is InChI=1S/C12H12/c1-2-4-6-8-10-12-11-9-7-5-3-1/h1-2,11-12H,3-4,9-10H2/b2-1-,12-11-. The van der Waals surface area contributed by atoms with Gasteiger partial charge in [0, 0.05) is 25.7 Å². The first-order valence-corrected chi connectivity index (χ1v) is 4.21. The topological polar surface area (TPSA) is 0 Å². The molecule has 0 aromatic heterocycles. The highest BCUT2D eigenvalue weighted by atomic mass is 13.8. The van der Waals surface area contributed by atoms with Crippen molar-refractivity contribution in [1.82, 2.24) is 0 Å². The van der Waals surface area contributed by atoms with E-state index in [9.17, 15) is 0 Å². The lowest BCUT2D eigenvalue weighted by Gasteiger charge is -1.82. The van der Waals surface area contributed by atoms with Gasteiger partial charge >= 0.3 is 0 Å². The minimum absolute atomic E-state index is 0.857. The van der Waals surface area contributed by atoms with Crippen LogP contribution in [0.3, 0.4) is 0 Å². The maximum absolute atomic E-state index is 3.07. The molecule has 60 valence electrons. The summed E-state index contributed by atoms with van der Waals surface area (Å²) < 4.78 is 0. The molecule has 0 fully saturated rings. The molecular weight excluding hydrogens is 144 g/mol. The summed E-state index contributed by atoms with van der Waals surface area (Å²) in [5.41, 5.74) is 0. The van der Waals surface area contributed by atoms with Crippen LogP contribution >= 0.6 is 0 Å². The molecule has 0 amide bonds. The van der Waals surface area contributed by atoms with Crippen LogP contribution in [0.4, 0.5) is 0 Å². The first kappa shape index (κ1) is 8.69. The summed E-state index contributed by atoms with van der Waals surface area (Å²) in [4.78, 5) is 0. The summed E-state index contributed by atoms with van der Waals surface area (Å²) in [6.45, 7) is 0. The molecule has 0 saturated heterocycles. The van der Waals surface area contributed by atoms with E-state index in [1.54, 1.807) is 0 Å². The molecule has 0 atom stereocenters. The van der Waals surface area contributed by atoms with Gasteiger partial charge < -0.3 is 0 Å². The lowest BCUT2D eigenvalue weighted by Crippen LogP contribution is -1.67. The second-order valence-electron chi connectivity index (χ2n) is 2.47. The van der Waals surface area contributed by atoms with E-state index in [2.05, 4.69) is 48.0 Å².